The number of anilines is 1. The van der Waals surface area contributed by atoms with Crippen LogP contribution in [0.1, 0.15) is 20.3 Å². The molecule has 8 heteroatoms. The standard InChI is InChI=1S/C12H17F3N2O2S/c1-9(2)17-20(18,19)11-5-3-10(4-6-11)16-8-7-12(13,14)15/h3-6,9,16-17H,7-8H2,1-2H3. The van der Waals surface area contributed by atoms with Crippen LogP contribution >= 0.6 is 0 Å². The van der Waals surface area contributed by atoms with Gasteiger partial charge in [0, 0.05) is 18.3 Å². The predicted molar refractivity (Wildman–Crippen MR) is 71.1 cm³/mol. The third-order valence-corrected chi connectivity index (χ3v) is 3.97. The van der Waals surface area contributed by atoms with Crippen molar-refractivity contribution in [2.75, 3.05) is 11.9 Å². The molecule has 0 amide bonds. The Morgan fingerprint density at radius 3 is 2.15 bits per heavy atom. The predicted octanol–water partition coefficient (Wildman–Crippen LogP) is 2.74. The minimum atomic E-state index is -4.21. The van der Waals surface area contributed by atoms with Crippen molar-refractivity contribution in [3.8, 4) is 0 Å². The van der Waals surface area contributed by atoms with E-state index < -0.39 is 22.6 Å². The third kappa shape index (κ3) is 5.79. The summed E-state index contributed by atoms with van der Waals surface area (Å²) >= 11 is 0. The second-order valence-corrected chi connectivity index (χ2v) is 6.31. The number of halogens is 3. The van der Waals surface area contributed by atoms with E-state index in [1.165, 1.54) is 24.3 Å². The smallest absolute Gasteiger partial charge is 0.385 e. The van der Waals surface area contributed by atoms with Gasteiger partial charge in [-0.25, -0.2) is 13.1 Å². The first-order valence-electron chi connectivity index (χ1n) is 6.03. The number of benzene rings is 1. The van der Waals surface area contributed by atoms with Crippen molar-refractivity contribution in [3.63, 3.8) is 0 Å². The van der Waals surface area contributed by atoms with Gasteiger partial charge in [0.25, 0.3) is 0 Å². The van der Waals surface area contributed by atoms with Gasteiger partial charge >= 0.3 is 6.18 Å². The number of hydrogen-bond donors (Lipinski definition) is 2. The lowest BCUT2D eigenvalue weighted by Crippen LogP contribution is -2.30. The first-order chi connectivity index (χ1) is 9.10. The molecule has 0 aliphatic carbocycles. The van der Waals surface area contributed by atoms with Crippen LogP contribution in [0.4, 0.5) is 18.9 Å². The highest BCUT2D eigenvalue weighted by molar-refractivity contribution is 7.89. The lowest BCUT2D eigenvalue weighted by atomic mass is 10.3. The number of alkyl halides is 3. The van der Waals surface area contributed by atoms with Crippen molar-refractivity contribution in [2.45, 2.75) is 37.4 Å². The van der Waals surface area contributed by atoms with Gasteiger partial charge in [-0.2, -0.15) is 13.2 Å². The molecular formula is C12H17F3N2O2S. The van der Waals surface area contributed by atoms with Crippen molar-refractivity contribution >= 4 is 15.7 Å². The Kier molecular flexibility index (Phi) is 5.41. The molecule has 0 radical (unpaired) electrons. The summed E-state index contributed by atoms with van der Waals surface area (Å²) < 4.78 is 62.0. The number of hydrogen-bond acceptors (Lipinski definition) is 3. The maximum Gasteiger partial charge on any atom is 0.390 e. The van der Waals surface area contributed by atoms with Crippen LogP contribution in [-0.4, -0.2) is 27.2 Å². The summed E-state index contributed by atoms with van der Waals surface area (Å²) in [4.78, 5) is 0.0765. The molecule has 20 heavy (non-hydrogen) atoms. The van der Waals surface area contributed by atoms with Gasteiger partial charge in [-0.1, -0.05) is 0 Å². The van der Waals surface area contributed by atoms with Gasteiger partial charge in [0.1, 0.15) is 0 Å². The van der Waals surface area contributed by atoms with Crippen molar-refractivity contribution in [1.82, 2.24) is 4.72 Å². The van der Waals surface area contributed by atoms with E-state index >= 15 is 0 Å². The minimum Gasteiger partial charge on any atom is -0.385 e. The molecule has 0 atom stereocenters. The Morgan fingerprint density at radius 1 is 1.15 bits per heavy atom. The second kappa shape index (κ2) is 6.45. The van der Waals surface area contributed by atoms with Crippen molar-refractivity contribution < 1.29 is 21.6 Å². The van der Waals surface area contributed by atoms with Gasteiger partial charge in [0.05, 0.1) is 11.3 Å². The van der Waals surface area contributed by atoms with E-state index in [0.29, 0.717) is 5.69 Å². The van der Waals surface area contributed by atoms with Crippen LogP contribution < -0.4 is 10.0 Å². The molecule has 0 saturated carbocycles. The molecule has 0 saturated heterocycles. The Morgan fingerprint density at radius 2 is 1.70 bits per heavy atom. The Labute approximate surface area is 116 Å². The van der Waals surface area contributed by atoms with Gasteiger partial charge in [-0.15, -0.1) is 0 Å². The fraction of sp³-hybridized carbons (Fsp3) is 0.500. The summed E-state index contributed by atoms with van der Waals surface area (Å²) in [7, 11) is -3.58. The maximum absolute atomic E-state index is 12.0. The van der Waals surface area contributed by atoms with Gasteiger partial charge in [-0.05, 0) is 38.1 Å². The fourth-order valence-electron chi connectivity index (χ4n) is 1.48. The van der Waals surface area contributed by atoms with Gasteiger partial charge in [0.2, 0.25) is 10.0 Å². The first-order valence-corrected chi connectivity index (χ1v) is 7.51. The summed E-state index contributed by atoms with van der Waals surface area (Å²) in [5, 5.41) is 2.59. The van der Waals surface area contributed by atoms with E-state index in [9.17, 15) is 21.6 Å². The van der Waals surface area contributed by atoms with Crippen LogP contribution in [0.2, 0.25) is 0 Å². The normalized spacial score (nSPS) is 12.7. The summed E-state index contributed by atoms with van der Waals surface area (Å²) in [6, 6.07) is 5.34. The zero-order valence-corrected chi connectivity index (χ0v) is 12.0. The van der Waals surface area contributed by atoms with Crippen LogP contribution in [-0.2, 0) is 10.0 Å². The first kappa shape index (κ1) is 16.8. The fourth-order valence-corrected chi connectivity index (χ4v) is 2.73. The molecule has 0 aliphatic heterocycles. The van der Waals surface area contributed by atoms with E-state index in [0.717, 1.165) is 0 Å². The van der Waals surface area contributed by atoms with E-state index in [-0.39, 0.29) is 17.5 Å². The van der Waals surface area contributed by atoms with Gasteiger partial charge < -0.3 is 5.32 Å². The minimum absolute atomic E-state index is 0.0765. The number of rotatable bonds is 6. The molecule has 1 aromatic rings. The lowest BCUT2D eigenvalue weighted by molar-refractivity contribution is -0.131. The third-order valence-electron chi connectivity index (χ3n) is 2.29. The van der Waals surface area contributed by atoms with Crippen molar-refractivity contribution in [1.29, 1.82) is 0 Å². The van der Waals surface area contributed by atoms with Crippen LogP contribution in [0.5, 0.6) is 0 Å². The molecule has 0 unspecified atom stereocenters. The van der Waals surface area contributed by atoms with Crippen LogP contribution in [0.25, 0.3) is 0 Å². The average molecular weight is 310 g/mol. The Balaban J connectivity index is 2.65. The largest absolute Gasteiger partial charge is 0.390 e. The molecule has 1 aromatic carbocycles. The number of nitrogens with one attached hydrogen (secondary N) is 2. The molecule has 0 bridgehead atoms. The van der Waals surface area contributed by atoms with Crippen molar-refractivity contribution in [2.24, 2.45) is 0 Å². The molecule has 114 valence electrons. The zero-order chi connectivity index (χ0) is 15.4. The molecule has 2 N–H and O–H groups in total. The topological polar surface area (TPSA) is 58.2 Å². The Bertz CT molecular complexity index is 525. The lowest BCUT2D eigenvalue weighted by Gasteiger charge is -2.11. The highest BCUT2D eigenvalue weighted by Gasteiger charge is 2.26. The molecule has 0 aliphatic rings. The zero-order valence-electron chi connectivity index (χ0n) is 11.2. The summed E-state index contributed by atoms with van der Waals surface area (Å²) in [5.41, 5.74) is 0.442. The van der Waals surface area contributed by atoms with Gasteiger partial charge in [0.15, 0.2) is 0 Å². The molecule has 0 heterocycles. The van der Waals surface area contributed by atoms with E-state index in [2.05, 4.69) is 10.0 Å². The quantitative estimate of drug-likeness (QED) is 0.849. The molecular weight excluding hydrogens is 293 g/mol. The maximum atomic E-state index is 12.0. The van der Waals surface area contributed by atoms with E-state index in [4.69, 9.17) is 0 Å². The summed E-state index contributed by atoms with van der Waals surface area (Å²) in [6.45, 7) is 3.15. The highest BCUT2D eigenvalue weighted by atomic mass is 32.2. The molecule has 4 nitrogen and oxygen atoms in total. The molecule has 0 aromatic heterocycles. The average Bonchev–Trinajstić information content (AvgIpc) is 2.26. The highest BCUT2D eigenvalue weighted by Crippen LogP contribution is 2.20. The van der Waals surface area contributed by atoms with E-state index in [1.807, 2.05) is 0 Å². The summed E-state index contributed by atoms with van der Waals surface area (Å²) in [6.07, 6.45) is -5.15. The van der Waals surface area contributed by atoms with Crippen molar-refractivity contribution in [3.05, 3.63) is 24.3 Å². The van der Waals surface area contributed by atoms with Crippen LogP contribution in [0.15, 0.2) is 29.2 Å². The molecule has 0 fully saturated rings. The van der Waals surface area contributed by atoms with E-state index in [1.54, 1.807) is 13.8 Å². The molecule has 1 rings (SSSR count). The molecule has 0 spiro atoms. The Hall–Kier alpha value is -1.28. The van der Waals surface area contributed by atoms with Gasteiger partial charge in [-0.3, -0.25) is 0 Å². The SMILES string of the molecule is CC(C)NS(=O)(=O)c1ccc(NCCC(F)(F)F)cc1. The van der Waals surface area contributed by atoms with Crippen LogP contribution in [0, 0.1) is 0 Å². The number of sulfonamides is 1. The summed E-state index contributed by atoms with van der Waals surface area (Å²) in [5.74, 6) is 0. The monoisotopic (exact) mass is 310 g/mol. The van der Waals surface area contributed by atoms with Crippen LogP contribution in [0.3, 0.4) is 0 Å². The second-order valence-electron chi connectivity index (χ2n) is 4.59.